The van der Waals surface area contributed by atoms with Gasteiger partial charge in [-0.2, -0.15) is 0 Å². The number of anilines is 1. The van der Waals surface area contributed by atoms with E-state index in [1.165, 1.54) is 18.2 Å². The molecule has 1 atom stereocenters. The smallest absolute Gasteiger partial charge is 0.263 e. The second-order valence-electron chi connectivity index (χ2n) is 7.14. The van der Waals surface area contributed by atoms with Gasteiger partial charge in [0.2, 0.25) is 0 Å². The lowest BCUT2D eigenvalue weighted by molar-refractivity contribution is 0.0951. The van der Waals surface area contributed by atoms with Crippen molar-refractivity contribution in [1.29, 1.82) is 0 Å². The van der Waals surface area contributed by atoms with Crippen LogP contribution in [0.3, 0.4) is 0 Å². The van der Waals surface area contributed by atoms with Crippen molar-refractivity contribution < 1.29 is 13.2 Å². The summed E-state index contributed by atoms with van der Waals surface area (Å²) in [6.07, 6.45) is 0. The van der Waals surface area contributed by atoms with Crippen molar-refractivity contribution in [2.75, 3.05) is 11.3 Å². The molecule has 5 nitrogen and oxygen atoms in total. The molecular weight excluding hydrogens is 420 g/mol. The van der Waals surface area contributed by atoms with Gasteiger partial charge in [-0.3, -0.25) is 9.52 Å². The van der Waals surface area contributed by atoms with Crippen LogP contribution in [0.1, 0.15) is 34.3 Å². The van der Waals surface area contributed by atoms with Crippen LogP contribution in [0.15, 0.2) is 77.7 Å². The summed E-state index contributed by atoms with van der Waals surface area (Å²) in [5, 5.41) is 2.90. The number of nitrogens with one attached hydrogen (secondary N) is 2. The molecule has 30 heavy (non-hydrogen) atoms. The van der Waals surface area contributed by atoms with Gasteiger partial charge < -0.3 is 5.32 Å². The number of carbonyl (C=O) groups excluding carboxylic acids is 1. The molecular formula is C23H23ClN2O3S. The molecule has 0 aliphatic rings. The molecule has 0 heterocycles. The molecule has 0 saturated carbocycles. The first-order valence-electron chi connectivity index (χ1n) is 9.48. The zero-order valence-electron chi connectivity index (χ0n) is 16.7. The fraction of sp³-hybridized carbons (Fsp3) is 0.174. The number of rotatable bonds is 7. The summed E-state index contributed by atoms with van der Waals surface area (Å²) in [5.41, 5.74) is 2.77. The maximum absolute atomic E-state index is 12.8. The van der Waals surface area contributed by atoms with Crippen LogP contribution in [0.4, 0.5) is 5.69 Å². The highest BCUT2D eigenvalue weighted by atomic mass is 35.5. The second kappa shape index (κ2) is 9.32. The molecule has 0 spiro atoms. The molecule has 3 rings (SSSR count). The third-order valence-electron chi connectivity index (χ3n) is 4.72. The Morgan fingerprint density at radius 1 is 1.00 bits per heavy atom. The number of carbonyl (C=O) groups is 1. The van der Waals surface area contributed by atoms with Crippen LogP contribution in [0.2, 0.25) is 5.02 Å². The van der Waals surface area contributed by atoms with Crippen molar-refractivity contribution in [3.63, 3.8) is 0 Å². The number of hydrogen-bond donors (Lipinski definition) is 2. The summed E-state index contributed by atoms with van der Waals surface area (Å²) in [6, 6.07) is 21.0. The summed E-state index contributed by atoms with van der Waals surface area (Å²) in [6.45, 7) is 4.35. The predicted molar refractivity (Wildman–Crippen MR) is 121 cm³/mol. The summed E-state index contributed by atoms with van der Waals surface area (Å²) < 4.78 is 28.1. The minimum absolute atomic E-state index is 0.0452. The van der Waals surface area contributed by atoms with E-state index in [4.69, 9.17) is 11.6 Å². The van der Waals surface area contributed by atoms with E-state index in [1.54, 1.807) is 24.3 Å². The number of amides is 1. The predicted octanol–water partition coefficient (Wildman–Crippen LogP) is 4.98. The second-order valence-corrected chi connectivity index (χ2v) is 9.20. The van der Waals surface area contributed by atoms with Crippen LogP contribution < -0.4 is 10.0 Å². The normalized spacial score (nSPS) is 12.2. The molecule has 2 N–H and O–H groups in total. The van der Waals surface area contributed by atoms with E-state index in [9.17, 15) is 13.2 Å². The molecule has 0 aliphatic heterocycles. The van der Waals surface area contributed by atoms with Crippen molar-refractivity contribution in [3.8, 4) is 0 Å². The van der Waals surface area contributed by atoms with E-state index < -0.39 is 10.0 Å². The van der Waals surface area contributed by atoms with Crippen LogP contribution in [0, 0.1) is 6.92 Å². The van der Waals surface area contributed by atoms with Gasteiger partial charge >= 0.3 is 0 Å². The van der Waals surface area contributed by atoms with Crippen molar-refractivity contribution in [2.45, 2.75) is 24.7 Å². The first-order valence-corrected chi connectivity index (χ1v) is 11.3. The Bertz CT molecular complexity index is 1130. The number of hydrogen-bond acceptors (Lipinski definition) is 3. The summed E-state index contributed by atoms with van der Waals surface area (Å²) in [7, 11) is -3.95. The van der Waals surface area contributed by atoms with Crippen molar-refractivity contribution in [2.24, 2.45) is 0 Å². The van der Waals surface area contributed by atoms with E-state index in [0.717, 1.165) is 11.1 Å². The third kappa shape index (κ3) is 5.40. The molecule has 0 bridgehead atoms. The molecule has 156 valence electrons. The van der Waals surface area contributed by atoms with Gasteiger partial charge in [0.25, 0.3) is 15.9 Å². The Morgan fingerprint density at radius 3 is 2.33 bits per heavy atom. The lowest BCUT2D eigenvalue weighted by Crippen LogP contribution is -2.27. The number of halogens is 1. The molecule has 3 aromatic rings. The molecule has 0 radical (unpaired) electrons. The third-order valence-corrected chi connectivity index (χ3v) is 6.59. The monoisotopic (exact) mass is 442 g/mol. The maximum Gasteiger partial charge on any atom is 0.263 e. The minimum Gasteiger partial charge on any atom is -0.351 e. The zero-order valence-corrected chi connectivity index (χ0v) is 18.3. The fourth-order valence-corrected chi connectivity index (χ4v) is 4.52. The Balaban J connectivity index is 1.75. The van der Waals surface area contributed by atoms with Crippen LogP contribution in [-0.4, -0.2) is 20.9 Å². The zero-order chi connectivity index (χ0) is 21.7. The molecule has 0 fully saturated rings. The van der Waals surface area contributed by atoms with Gasteiger partial charge in [-0.1, -0.05) is 66.6 Å². The molecule has 0 aliphatic carbocycles. The van der Waals surface area contributed by atoms with Crippen LogP contribution in [0.25, 0.3) is 0 Å². The van der Waals surface area contributed by atoms with Crippen molar-refractivity contribution >= 4 is 33.2 Å². The van der Waals surface area contributed by atoms with E-state index >= 15 is 0 Å². The average molecular weight is 443 g/mol. The van der Waals surface area contributed by atoms with Gasteiger partial charge in [0.15, 0.2) is 0 Å². The van der Waals surface area contributed by atoms with Gasteiger partial charge in [-0.25, -0.2) is 8.42 Å². The Labute approximate surface area is 182 Å². The van der Waals surface area contributed by atoms with Gasteiger partial charge in [-0.05, 0) is 48.7 Å². The molecule has 3 aromatic carbocycles. The highest BCUT2D eigenvalue weighted by Gasteiger charge is 2.21. The molecule has 1 amide bonds. The van der Waals surface area contributed by atoms with E-state index in [1.807, 2.05) is 44.2 Å². The SMILES string of the molecule is Cc1ccc(NS(=O)(=O)c2cc(C(=O)NC[C@@H](C)c3ccccc3)ccc2Cl)cc1. The molecule has 0 unspecified atom stereocenters. The largest absolute Gasteiger partial charge is 0.351 e. The van der Waals surface area contributed by atoms with Gasteiger partial charge in [0.1, 0.15) is 4.90 Å². The number of benzene rings is 3. The fourth-order valence-electron chi connectivity index (χ4n) is 2.93. The number of sulfonamides is 1. The summed E-state index contributed by atoms with van der Waals surface area (Å²) in [4.78, 5) is 12.5. The first kappa shape index (κ1) is 21.9. The first-order chi connectivity index (χ1) is 14.3. The van der Waals surface area contributed by atoms with Crippen LogP contribution in [-0.2, 0) is 10.0 Å². The van der Waals surface area contributed by atoms with Crippen molar-refractivity contribution in [1.82, 2.24) is 5.32 Å². The van der Waals surface area contributed by atoms with E-state index in [2.05, 4.69) is 10.0 Å². The Kier molecular flexibility index (Phi) is 6.80. The summed E-state index contributed by atoms with van der Waals surface area (Å²) in [5.74, 6) is -0.241. The lowest BCUT2D eigenvalue weighted by atomic mass is 10.0. The van der Waals surface area contributed by atoms with Crippen molar-refractivity contribution in [3.05, 3.63) is 94.5 Å². The number of aryl methyl sites for hydroxylation is 1. The lowest BCUT2D eigenvalue weighted by Gasteiger charge is -2.14. The standard InChI is InChI=1S/C23H23ClN2O3S/c1-16-8-11-20(12-9-16)26-30(28,29)22-14-19(10-13-21(22)24)23(27)25-15-17(2)18-6-4-3-5-7-18/h3-14,17,26H,15H2,1-2H3,(H,25,27)/t17-/m1/s1. The van der Waals surface area contributed by atoms with Gasteiger partial charge in [-0.15, -0.1) is 0 Å². The van der Waals surface area contributed by atoms with Gasteiger partial charge in [0, 0.05) is 17.8 Å². The Morgan fingerprint density at radius 2 is 1.67 bits per heavy atom. The van der Waals surface area contributed by atoms with Crippen LogP contribution >= 0.6 is 11.6 Å². The molecule has 0 saturated heterocycles. The minimum atomic E-state index is -3.95. The molecule has 7 heteroatoms. The summed E-state index contributed by atoms with van der Waals surface area (Å²) >= 11 is 6.13. The van der Waals surface area contributed by atoms with E-state index in [-0.39, 0.29) is 27.3 Å². The average Bonchev–Trinajstić information content (AvgIpc) is 2.74. The quantitative estimate of drug-likeness (QED) is 0.541. The highest BCUT2D eigenvalue weighted by molar-refractivity contribution is 7.92. The Hall–Kier alpha value is -2.83. The highest BCUT2D eigenvalue weighted by Crippen LogP contribution is 2.25. The maximum atomic E-state index is 12.8. The van der Waals surface area contributed by atoms with Gasteiger partial charge in [0.05, 0.1) is 5.02 Å². The van der Waals surface area contributed by atoms with Crippen LogP contribution in [0.5, 0.6) is 0 Å². The molecule has 0 aromatic heterocycles. The van der Waals surface area contributed by atoms with E-state index in [0.29, 0.717) is 12.2 Å². The topological polar surface area (TPSA) is 75.3 Å².